The van der Waals surface area contributed by atoms with E-state index in [-0.39, 0.29) is 38.1 Å². The number of fused-ring (bicyclic) bond motifs is 3. The molecule has 1 aliphatic rings. The molecule has 3 aromatic rings. The number of hydrogen-bond donors (Lipinski definition) is 5. The summed E-state index contributed by atoms with van der Waals surface area (Å²) in [6, 6.07) is 8.95. The fraction of sp³-hybridized carbons (Fsp3) is 0.455. The molecular formula is C33H40Cl2FN5O5. The molecular weight excluding hydrogens is 636 g/mol. The molecule has 10 nitrogen and oxygen atoms in total. The molecule has 2 aromatic carbocycles. The topological polar surface area (TPSA) is 158 Å². The van der Waals surface area contributed by atoms with Gasteiger partial charge in [-0.3, -0.25) is 19.3 Å². The lowest BCUT2D eigenvalue weighted by molar-refractivity contribution is -0.141. The van der Waals surface area contributed by atoms with E-state index in [2.05, 4.69) is 15.6 Å². The van der Waals surface area contributed by atoms with Gasteiger partial charge in [0.25, 0.3) is 0 Å². The van der Waals surface area contributed by atoms with Gasteiger partial charge in [0.2, 0.25) is 17.7 Å². The maximum absolute atomic E-state index is 16.3. The van der Waals surface area contributed by atoms with Gasteiger partial charge in [-0.2, -0.15) is 0 Å². The van der Waals surface area contributed by atoms with Crippen LogP contribution < -0.4 is 16.4 Å². The number of rotatable bonds is 12. The summed E-state index contributed by atoms with van der Waals surface area (Å²) in [5, 5.41) is 17.2. The summed E-state index contributed by atoms with van der Waals surface area (Å²) in [5.41, 5.74) is 4.24. The molecule has 0 fully saturated rings. The van der Waals surface area contributed by atoms with Crippen molar-refractivity contribution in [3.8, 4) is 0 Å². The maximum atomic E-state index is 16.3. The van der Waals surface area contributed by atoms with Gasteiger partial charge in [0.1, 0.15) is 23.3 Å². The number of H-pyrrole nitrogens is 1. The predicted molar refractivity (Wildman–Crippen MR) is 175 cm³/mol. The average molecular weight is 677 g/mol. The van der Waals surface area contributed by atoms with Crippen LogP contribution in [0.25, 0.3) is 10.9 Å². The van der Waals surface area contributed by atoms with Crippen LogP contribution in [0.3, 0.4) is 0 Å². The van der Waals surface area contributed by atoms with Gasteiger partial charge in [-0.15, -0.1) is 0 Å². The van der Waals surface area contributed by atoms with E-state index in [4.69, 9.17) is 28.9 Å². The lowest BCUT2D eigenvalue weighted by atomic mass is 9.77. The number of aromatic nitrogens is 1. The molecule has 46 heavy (non-hydrogen) atoms. The Morgan fingerprint density at radius 1 is 1.17 bits per heavy atom. The number of carbonyl (C=O) groups excluding carboxylic acids is 3. The molecule has 6 N–H and O–H groups in total. The summed E-state index contributed by atoms with van der Waals surface area (Å²) >= 11 is 12.8. The molecule has 0 saturated carbocycles. The first-order valence-electron chi connectivity index (χ1n) is 15.3. The zero-order valence-electron chi connectivity index (χ0n) is 26.3. The summed E-state index contributed by atoms with van der Waals surface area (Å²) in [7, 11) is 0. The third kappa shape index (κ3) is 7.10. The molecule has 2 unspecified atom stereocenters. The van der Waals surface area contributed by atoms with Gasteiger partial charge in [-0.25, -0.2) is 9.18 Å². The highest BCUT2D eigenvalue weighted by Crippen LogP contribution is 2.39. The second-order valence-electron chi connectivity index (χ2n) is 12.3. The van der Waals surface area contributed by atoms with Crippen LogP contribution in [0, 0.1) is 5.92 Å². The van der Waals surface area contributed by atoms with Crippen LogP contribution >= 0.6 is 23.2 Å². The van der Waals surface area contributed by atoms with Crippen molar-refractivity contribution in [1.29, 1.82) is 0 Å². The van der Waals surface area contributed by atoms with Crippen molar-refractivity contribution in [1.82, 2.24) is 20.5 Å². The number of halogens is 3. The lowest BCUT2D eigenvalue weighted by Crippen LogP contribution is -2.68. The monoisotopic (exact) mass is 675 g/mol. The third-order valence-electron chi connectivity index (χ3n) is 9.17. The van der Waals surface area contributed by atoms with E-state index in [1.807, 2.05) is 6.92 Å². The Bertz CT molecular complexity index is 1630. The molecule has 1 aliphatic carbocycles. The lowest BCUT2D eigenvalue weighted by Gasteiger charge is -2.42. The smallest absolute Gasteiger partial charge is 0.408 e. The fourth-order valence-electron chi connectivity index (χ4n) is 6.12. The number of benzene rings is 2. The zero-order chi connectivity index (χ0) is 34.0. The van der Waals surface area contributed by atoms with Gasteiger partial charge in [0.15, 0.2) is 0 Å². The van der Waals surface area contributed by atoms with Crippen LogP contribution in [0.15, 0.2) is 42.5 Å². The Morgan fingerprint density at radius 2 is 1.85 bits per heavy atom. The SMILES string of the molecule is CC[C@H](C)[C@H](NC(=O)[C@@]1(NC(=O)C(N(Cc2ccccc2)C(=O)O)C(C)(F)CC)CCc2[nH]c3c(Cl)cc(Cl)cc3c2C1)C(N)=O. The first-order valence-corrected chi connectivity index (χ1v) is 16.0. The Hall–Kier alpha value is -3.83. The number of nitrogens with one attached hydrogen (secondary N) is 3. The Morgan fingerprint density at radius 3 is 2.43 bits per heavy atom. The van der Waals surface area contributed by atoms with E-state index in [1.54, 1.807) is 49.4 Å². The van der Waals surface area contributed by atoms with E-state index in [9.17, 15) is 24.3 Å². The standard InChI is InChI=1S/C33H40Cl2FN5O5/c1-5-18(3)25(28(37)42)39-30(44)33(13-12-24-22(16-33)21-14-20(34)15-23(35)26(21)38-24)40-29(43)27(32(4,36)6-2)41(31(45)46)17-19-10-8-7-9-11-19/h7-11,14-15,18,25,27,38H,5-6,12-13,16-17H2,1-4H3,(H2,37,42)(H,39,44)(H,40,43)(H,45,46)/t18-,25-,27?,32?,33+/m0/s1. The largest absolute Gasteiger partial charge is 0.465 e. The highest BCUT2D eigenvalue weighted by molar-refractivity contribution is 6.38. The molecule has 5 atom stereocenters. The highest BCUT2D eigenvalue weighted by Gasteiger charge is 2.51. The van der Waals surface area contributed by atoms with Crippen molar-refractivity contribution in [2.24, 2.45) is 11.7 Å². The molecule has 0 spiro atoms. The van der Waals surface area contributed by atoms with Gasteiger partial charge in [-0.1, -0.05) is 80.7 Å². The van der Waals surface area contributed by atoms with Gasteiger partial charge in [0, 0.05) is 29.1 Å². The number of carbonyl (C=O) groups is 4. The van der Waals surface area contributed by atoms with Crippen LogP contribution in [0.2, 0.25) is 10.0 Å². The maximum Gasteiger partial charge on any atom is 0.408 e. The molecule has 4 rings (SSSR count). The van der Waals surface area contributed by atoms with Crippen molar-refractivity contribution in [2.45, 2.75) is 89.6 Å². The van der Waals surface area contributed by atoms with Crippen LogP contribution in [0.5, 0.6) is 0 Å². The number of carboxylic acid groups (broad SMARTS) is 1. The molecule has 0 bridgehead atoms. The van der Waals surface area contributed by atoms with Crippen molar-refractivity contribution >= 4 is 57.9 Å². The van der Waals surface area contributed by atoms with Crippen LogP contribution in [-0.2, 0) is 33.8 Å². The van der Waals surface area contributed by atoms with Crippen LogP contribution in [0.1, 0.15) is 63.8 Å². The molecule has 0 radical (unpaired) electrons. The van der Waals surface area contributed by atoms with Gasteiger partial charge in [-0.05, 0) is 55.4 Å². The zero-order valence-corrected chi connectivity index (χ0v) is 27.8. The number of aromatic amines is 1. The first-order chi connectivity index (χ1) is 21.6. The second kappa shape index (κ2) is 13.9. The van der Waals surface area contributed by atoms with Crippen molar-refractivity contribution in [3.05, 3.63) is 69.3 Å². The molecule has 1 aromatic heterocycles. The number of hydrogen-bond acceptors (Lipinski definition) is 4. The summed E-state index contributed by atoms with van der Waals surface area (Å²) in [5.74, 6) is -2.75. The van der Waals surface area contributed by atoms with E-state index >= 15 is 4.39 Å². The second-order valence-corrected chi connectivity index (χ2v) is 13.2. The van der Waals surface area contributed by atoms with Crippen molar-refractivity contribution in [2.75, 3.05) is 0 Å². The fourth-order valence-corrected chi connectivity index (χ4v) is 6.67. The number of nitrogens with zero attached hydrogens (tertiary/aromatic N) is 1. The van der Waals surface area contributed by atoms with E-state index in [0.29, 0.717) is 38.5 Å². The number of alkyl halides is 1. The minimum absolute atomic E-state index is 0.0509. The average Bonchev–Trinajstić information content (AvgIpc) is 3.37. The summed E-state index contributed by atoms with van der Waals surface area (Å²) < 4.78 is 16.3. The minimum atomic E-state index is -2.32. The van der Waals surface area contributed by atoms with E-state index in [0.717, 1.165) is 10.6 Å². The number of nitrogens with two attached hydrogens (primary N) is 1. The van der Waals surface area contributed by atoms with E-state index < -0.39 is 47.1 Å². The van der Waals surface area contributed by atoms with Crippen molar-refractivity contribution < 1.29 is 28.7 Å². The predicted octanol–water partition coefficient (Wildman–Crippen LogP) is 5.52. The molecule has 4 amide bonds. The highest BCUT2D eigenvalue weighted by atomic mass is 35.5. The van der Waals surface area contributed by atoms with Crippen LogP contribution in [-0.4, -0.2) is 62.1 Å². The molecule has 0 aliphatic heterocycles. The summed E-state index contributed by atoms with van der Waals surface area (Å²) in [6.07, 6.45) is -0.913. The number of amides is 4. The Kier molecular flexibility index (Phi) is 10.6. The van der Waals surface area contributed by atoms with Gasteiger partial charge >= 0.3 is 6.09 Å². The van der Waals surface area contributed by atoms with Gasteiger partial charge in [0.05, 0.1) is 10.5 Å². The minimum Gasteiger partial charge on any atom is -0.465 e. The van der Waals surface area contributed by atoms with E-state index in [1.165, 1.54) is 13.8 Å². The number of aryl methyl sites for hydroxylation is 1. The molecule has 0 saturated heterocycles. The summed E-state index contributed by atoms with van der Waals surface area (Å²) in [4.78, 5) is 57.7. The van der Waals surface area contributed by atoms with Crippen LogP contribution in [0.4, 0.5) is 9.18 Å². The Labute approximate surface area is 277 Å². The van der Waals surface area contributed by atoms with Crippen molar-refractivity contribution in [3.63, 3.8) is 0 Å². The third-order valence-corrected chi connectivity index (χ3v) is 9.68. The number of primary amides is 1. The molecule has 248 valence electrons. The first kappa shape index (κ1) is 35.0. The normalized spacial score (nSPS) is 19.3. The quantitative estimate of drug-likeness (QED) is 0.171. The van der Waals surface area contributed by atoms with Gasteiger partial charge < -0.3 is 26.5 Å². The molecule has 13 heteroatoms. The Balaban J connectivity index is 1.82. The molecule has 1 heterocycles. The summed E-state index contributed by atoms with van der Waals surface area (Å²) in [6.45, 7) is 6.03.